The van der Waals surface area contributed by atoms with E-state index in [1.807, 2.05) is 19.1 Å². The minimum atomic E-state index is -1.11. The first-order valence-electron chi connectivity index (χ1n) is 5.21. The Balaban J connectivity index is 2.42. The first-order chi connectivity index (χ1) is 8.58. The van der Waals surface area contributed by atoms with E-state index >= 15 is 0 Å². The fourth-order valence-electron chi connectivity index (χ4n) is 1.43. The van der Waals surface area contributed by atoms with Gasteiger partial charge in [-0.05, 0) is 30.7 Å². The van der Waals surface area contributed by atoms with Crippen LogP contribution in [0, 0.1) is 6.92 Å². The predicted octanol–water partition coefficient (Wildman–Crippen LogP) is 3.53. The van der Waals surface area contributed by atoms with Gasteiger partial charge in [-0.25, -0.2) is 9.78 Å². The Kier molecular flexibility index (Phi) is 3.48. The fraction of sp³-hybridized carbons (Fsp3) is 0.0769. The van der Waals surface area contributed by atoms with E-state index in [0.717, 1.165) is 5.56 Å². The van der Waals surface area contributed by atoms with Crippen LogP contribution in [0.4, 0.5) is 0 Å². The molecular formula is C13H10ClNO3. The highest BCUT2D eigenvalue weighted by atomic mass is 35.5. The third-order valence-electron chi connectivity index (χ3n) is 2.36. The predicted molar refractivity (Wildman–Crippen MR) is 67.5 cm³/mol. The lowest BCUT2D eigenvalue weighted by atomic mass is 10.2. The third-order valence-corrected chi connectivity index (χ3v) is 2.57. The van der Waals surface area contributed by atoms with Crippen molar-refractivity contribution >= 4 is 17.6 Å². The van der Waals surface area contributed by atoms with Crippen molar-refractivity contribution in [1.29, 1.82) is 0 Å². The van der Waals surface area contributed by atoms with E-state index < -0.39 is 5.97 Å². The first-order valence-corrected chi connectivity index (χ1v) is 5.59. The van der Waals surface area contributed by atoms with E-state index in [-0.39, 0.29) is 16.6 Å². The highest BCUT2D eigenvalue weighted by molar-refractivity contribution is 6.29. The molecule has 0 aliphatic heterocycles. The molecule has 5 heteroatoms. The Morgan fingerprint density at radius 1 is 1.28 bits per heavy atom. The van der Waals surface area contributed by atoms with Crippen LogP contribution in [0.5, 0.6) is 11.6 Å². The third kappa shape index (κ3) is 2.60. The summed E-state index contributed by atoms with van der Waals surface area (Å²) in [6.07, 6.45) is 0. The zero-order valence-corrected chi connectivity index (χ0v) is 10.3. The van der Waals surface area contributed by atoms with Crippen LogP contribution in [0.15, 0.2) is 36.4 Å². The van der Waals surface area contributed by atoms with Crippen LogP contribution in [-0.4, -0.2) is 16.1 Å². The van der Waals surface area contributed by atoms with Crippen LogP contribution in [0.25, 0.3) is 0 Å². The summed E-state index contributed by atoms with van der Waals surface area (Å²) in [5, 5.41) is 9.22. The first kappa shape index (κ1) is 12.4. The molecule has 0 bridgehead atoms. The minimum Gasteiger partial charge on any atom is -0.477 e. The molecule has 0 fully saturated rings. The van der Waals surface area contributed by atoms with Gasteiger partial charge in [0.05, 0.1) is 0 Å². The summed E-state index contributed by atoms with van der Waals surface area (Å²) in [4.78, 5) is 14.9. The van der Waals surface area contributed by atoms with Gasteiger partial charge >= 0.3 is 5.97 Å². The second-order valence-corrected chi connectivity index (χ2v) is 4.05. The summed E-state index contributed by atoms with van der Waals surface area (Å²) in [6, 6.07) is 10.0. The number of ether oxygens (including phenoxy) is 1. The number of carboxylic acid groups (broad SMARTS) is 1. The Morgan fingerprint density at radius 2 is 2.00 bits per heavy atom. The molecule has 1 N–H and O–H groups in total. The van der Waals surface area contributed by atoms with E-state index in [0.29, 0.717) is 5.75 Å². The molecule has 2 aromatic rings. The van der Waals surface area contributed by atoms with Gasteiger partial charge in [-0.2, -0.15) is 0 Å². The highest BCUT2D eigenvalue weighted by Gasteiger charge is 2.14. The quantitative estimate of drug-likeness (QED) is 0.861. The topological polar surface area (TPSA) is 59.4 Å². The largest absolute Gasteiger partial charge is 0.477 e. The fourth-order valence-corrected chi connectivity index (χ4v) is 1.57. The van der Waals surface area contributed by atoms with Crippen molar-refractivity contribution in [3.63, 3.8) is 0 Å². The van der Waals surface area contributed by atoms with Gasteiger partial charge in [0.15, 0.2) is 0 Å². The summed E-state index contributed by atoms with van der Waals surface area (Å²) < 4.78 is 5.51. The average Bonchev–Trinajstić information content (AvgIpc) is 2.32. The molecule has 1 heterocycles. The zero-order chi connectivity index (χ0) is 13.1. The maximum Gasteiger partial charge on any atom is 0.341 e. The molecule has 1 aromatic carbocycles. The van der Waals surface area contributed by atoms with E-state index in [9.17, 15) is 4.79 Å². The second-order valence-electron chi connectivity index (χ2n) is 3.66. The lowest BCUT2D eigenvalue weighted by Gasteiger charge is -2.09. The molecule has 0 unspecified atom stereocenters. The Morgan fingerprint density at radius 3 is 2.67 bits per heavy atom. The molecule has 0 aliphatic carbocycles. The molecule has 2 rings (SSSR count). The van der Waals surface area contributed by atoms with Crippen LogP contribution in [0.2, 0.25) is 5.15 Å². The van der Waals surface area contributed by atoms with Crippen molar-refractivity contribution in [3.05, 3.63) is 52.7 Å². The number of aryl methyl sites for hydroxylation is 1. The summed E-state index contributed by atoms with van der Waals surface area (Å²) in [6.45, 7) is 1.86. The van der Waals surface area contributed by atoms with Crippen LogP contribution >= 0.6 is 11.6 Å². The van der Waals surface area contributed by atoms with Crippen molar-refractivity contribution in [2.45, 2.75) is 6.92 Å². The van der Waals surface area contributed by atoms with E-state index in [1.165, 1.54) is 12.1 Å². The van der Waals surface area contributed by atoms with Gasteiger partial charge in [0.2, 0.25) is 5.88 Å². The van der Waals surface area contributed by atoms with E-state index in [1.54, 1.807) is 12.1 Å². The van der Waals surface area contributed by atoms with Crippen molar-refractivity contribution < 1.29 is 14.6 Å². The maximum absolute atomic E-state index is 11.0. The second kappa shape index (κ2) is 5.06. The van der Waals surface area contributed by atoms with Crippen LogP contribution in [0.3, 0.4) is 0 Å². The molecule has 92 valence electrons. The number of para-hydroxylation sites is 1. The van der Waals surface area contributed by atoms with Crippen molar-refractivity contribution in [2.24, 2.45) is 0 Å². The molecule has 0 amide bonds. The highest BCUT2D eigenvalue weighted by Crippen LogP contribution is 2.27. The number of pyridine rings is 1. The maximum atomic E-state index is 11.0. The molecule has 0 spiro atoms. The van der Waals surface area contributed by atoms with Crippen LogP contribution < -0.4 is 4.74 Å². The molecule has 1 aromatic heterocycles. The smallest absolute Gasteiger partial charge is 0.341 e. The van der Waals surface area contributed by atoms with Gasteiger partial charge in [-0.1, -0.05) is 29.8 Å². The number of benzene rings is 1. The van der Waals surface area contributed by atoms with Gasteiger partial charge in [-0.3, -0.25) is 0 Å². The number of carbonyl (C=O) groups is 1. The van der Waals surface area contributed by atoms with E-state index in [2.05, 4.69) is 4.98 Å². The molecule has 0 saturated carbocycles. The number of halogens is 1. The molecule has 0 saturated heterocycles. The van der Waals surface area contributed by atoms with Crippen LogP contribution in [-0.2, 0) is 0 Å². The van der Waals surface area contributed by atoms with Crippen LogP contribution in [0.1, 0.15) is 15.9 Å². The molecule has 18 heavy (non-hydrogen) atoms. The van der Waals surface area contributed by atoms with Crippen molar-refractivity contribution in [3.8, 4) is 11.6 Å². The number of aromatic carboxylic acids is 1. The number of rotatable bonds is 3. The van der Waals surface area contributed by atoms with E-state index in [4.69, 9.17) is 21.4 Å². The summed E-state index contributed by atoms with van der Waals surface area (Å²) >= 11 is 5.74. The number of aromatic nitrogens is 1. The Bertz CT molecular complexity index is 599. The van der Waals surface area contributed by atoms with Gasteiger partial charge in [-0.15, -0.1) is 0 Å². The average molecular weight is 264 g/mol. The monoisotopic (exact) mass is 263 g/mol. The molecule has 0 aliphatic rings. The number of carboxylic acids is 1. The number of hydrogen-bond acceptors (Lipinski definition) is 3. The SMILES string of the molecule is Cc1ccccc1Oc1nc(Cl)ccc1C(=O)O. The molecule has 0 radical (unpaired) electrons. The Hall–Kier alpha value is -2.07. The van der Waals surface area contributed by atoms with Gasteiger partial charge < -0.3 is 9.84 Å². The molecule has 0 atom stereocenters. The number of hydrogen-bond donors (Lipinski definition) is 1. The molecular weight excluding hydrogens is 254 g/mol. The lowest BCUT2D eigenvalue weighted by Crippen LogP contribution is -2.02. The summed E-state index contributed by atoms with van der Waals surface area (Å²) in [7, 11) is 0. The normalized spacial score (nSPS) is 10.1. The van der Waals surface area contributed by atoms with Gasteiger partial charge in [0.1, 0.15) is 16.5 Å². The summed E-state index contributed by atoms with van der Waals surface area (Å²) in [5.41, 5.74) is 0.860. The zero-order valence-electron chi connectivity index (χ0n) is 9.55. The minimum absolute atomic E-state index is 0.00991. The van der Waals surface area contributed by atoms with Gasteiger partial charge in [0, 0.05) is 0 Å². The molecule has 4 nitrogen and oxygen atoms in total. The summed E-state index contributed by atoms with van der Waals surface area (Å²) in [5.74, 6) is -0.568. The lowest BCUT2D eigenvalue weighted by molar-refractivity contribution is 0.0693. The number of nitrogens with zero attached hydrogens (tertiary/aromatic N) is 1. The van der Waals surface area contributed by atoms with Crippen molar-refractivity contribution in [1.82, 2.24) is 4.98 Å². The Labute approximate surface area is 109 Å². The van der Waals surface area contributed by atoms with Crippen molar-refractivity contribution in [2.75, 3.05) is 0 Å². The standard InChI is InChI=1S/C13H10ClNO3/c1-8-4-2-3-5-10(8)18-12-9(13(16)17)6-7-11(14)15-12/h2-7H,1H3,(H,16,17). The van der Waals surface area contributed by atoms with Gasteiger partial charge in [0.25, 0.3) is 0 Å².